The Hall–Kier alpha value is -2.60. The first kappa shape index (κ1) is 16.5. The molecule has 0 aliphatic heterocycles. The molecular weight excluding hydrogens is 288 g/mol. The van der Waals surface area contributed by atoms with Gasteiger partial charge in [0.1, 0.15) is 6.54 Å². The zero-order valence-corrected chi connectivity index (χ0v) is 11.6. The molecule has 21 heavy (non-hydrogen) atoms. The second-order valence-electron chi connectivity index (χ2n) is 3.56. The van der Waals surface area contributed by atoms with Crippen LogP contribution in [0.2, 0.25) is 0 Å². The Labute approximate surface area is 118 Å². The minimum Gasteiger partial charge on any atom is -0.390 e. The van der Waals surface area contributed by atoms with Crippen molar-refractivity contribution in [1.29, 1.82) is 0 Å². The Bertz CT molecular complexity index is 539. The first-order valence-corrected chi connectivity index (χ1v) is 5.71. The predicted molar refractivity (Wildman–Crippen MR) is 65.5 cm³/mol. The lowest BCUT2D eigenvalue weighted by molar-refractivity contribution is -0.394. The van der Waals surface area contributed by atoms with Crippen LogP contribution in [-0.2, 0) is 21.0 Å². The number of rotatable bonds is 7. The topological polar surface area (TPSA) is 142 Å². The second-order valence-corrected chi connectivity index (χ2v) is 3.56. The van der Waals surface area contributed by atoms with Crippen molar-refractivity contribution in [3.63, 3.8) is 0 Å². The van der Waals surface area contributed by atoms with Crippen LogP contribution in [0.1, 0.15) is 17.5 Å². The van der Waals surface area contributed by atoms with Gasteiger partial charge in [0.2, 0.25) is 0 Å². The lowest BCUT2D eigenvalue weighted by Crippen LogP contribution is -2.34. The fourth-order valence-electron chi connectivity index (χ4n) is 1.43. The molecule has 1 N–H and O–H groups in total. The van der Waals surface area contributed by atoms with Crippen molar-refractivity contribution in [2.45, 2.75) is 13.5 Å². The van der Waals surface area contributed by atoms with Gasteiger partial charge in [0.15, 0.2) is 0 Å². The lowest BCUT2D eigenvalue weighted by Gasteiger charge is -2.15. The summed E-state index contributed by atoms with van der Waals surface area (Å²) in [6, 6.07) is 0. The molecule has 0 saturated carbocycles. The van der Waals surface area contributed by atoms with Gasteiger partial charge in [-0.2, -0.15) is 4.68 Å². The molecular formula is C9H14N6O6. The van der Waals surface area contributed by atoms with Gasteiger partial charge in [0, 0.05) is 11.6 Å². The minimum atomic E-state index is -0.870. The highest BCUT2D eigenvalue weighted by atomic mass is 16.7. The normalized spacial score (nSPS) is 10.2. The Morgan fingerprint density at radius 1 is 1.48 bits per heavy atom. The molecule has 0 fully saturated rings. The van der Waals surface area contributed by atoms with Gasteiger partial charge in [0.05, 0.1) is 14.2 Å². The molecule has 1 heterocycles. The number of aromatic nitrogens is 3. The second kappa shape index (κ2) is 7.25. The summed E-state index contributed by atoms with van der Waals surface area (Å²) in [4.78, 5) is 46.1. The standard InChI is InChI=1S/C9H14N6O6/c1-4-14(21-3)8(17)7-10-9(15(18)19)11-13(7)5-6(16)12-20-2/h4-5H2,1-3H3,(H,12,16). The van der Waals surface area contributed by atoms with Gasteiger partial charge in [-0.3, -0.25) is 19.3 Å². The van der Waals surface area contributed by atoms with Crippen LogP contribution in [0.3, 0.4) is 0 Å². The van der Waals surface area contributed by atoms with E-state index in [9.17, 15) is 19.7 Å². The Kier molecular flexibility index (Phi) is 5.68. The molecule has 0 atom stereocenters. The molecule has 0 spiro atoms. The van der Waals surface area contributed by atoms with Crippen molar-refractivity contribution in [2.75, 3.05) is 20.8 Å². The maximum atomic E-state index is 12.1. The highest BCUT2D eigenvalue weighted by Gasteiger charge is 2.31. The fourth-order valence-corrected chi connectivity index (χ4v) is 1.43. The smallest absolute Gasteiger partial charge is 0.390 e. The van der Waals surface area contributed by atoms with E-state index < -0.39 is 35.1 Å². The van der Waals surface area contributed by atoms with E-state index in [4.69, 9.17) is 4.84 Å². The quantitative estimate of drug-likeness (QED) is 0.493. The van der Waals surface area contributed by atoms with E-state index in [2.05, 4.69) is 14.9 Å². The summed E-state index contributed by atoms with van der Waals surface area (Å²) in [6.07, 6.45) is 0. The third kappa shape index (κ3) is 3.93. The summed E-state index contributed by atoms with van der Waals surface area (Å²) in [5, 5.41) is 15.1. The van der Waals surface area contributed by atoms with Crippen LogP contribution in [0.4, 0.5) is 5.95 Å². The van der Waals surface area contributed by atoms with E-state index in [-0.39, 0.29) is 6.54 Å². The zero-order chi connectivity index (χ0) is 16.0. The van der Waals surface area contributed by atoms with Crippen LogP contribution in [0.25, 0.3) is 0 Å². The molecule has 0 aliphatic rings. The average Bonchev–Trinajstić information content (AvgIpc) is 2.84. The van der Waals surface area contributed by atoms with E-state index in [1.54, 1.807) is 6.92 Å². The van der Waals surface area contributed by atoms with E-state index in [1.165, 1.54) is 14.2 Å². The molecule has 12 nitrogen and oxygen atoms in total. The predicted octanol–water partition coefficient (Wildman–Crippen LogP) is -1.11. The molecule has 116 valence electrons. The summed E-state index contributed by atoms with van der Waals surface area (Å²) in [5.74, 6) is -2.61. The number of carbonyl (C=O) groups excluding carboxylic acids is 2. The molecule has 0 radical (unpaired) electrons. The van der Waals surface area contributed by atoms with Crippen molar-refractivity contribution >= 4 is 17.8 Å². The molecule has 0 bridgehead atoms. The van der Waals surface area contributed by atoms with Gasteiger partial charge in [-0.1, -0.05) is 0 Å². The van der Waals surface area contributed by atoms with Crippen molar-refractivity contribution in [1.82, 2.24) is 25.3 Å². The van der Waals surface area contributed by atoms with Crippen LogP contribution in [0, 0.1) is 10.1 Å². The molecule has 2 amide bonds. The summed E-state index contributed by atoms with van der Waals surface area (Å²) >= 11 is 0. The number of amides is 2. The summed E-state index contributed by atoms with van der Waals surface area (Å²) in [6.45, 7) is 1.34. The van der Waals surface area contributed by atoms with Crippen LogP contribution in [0.5, 0.6) is 0 Å². The number of hydrogen-bond acceptors (Lipinski definition) is 8. The third-order valence-corrected chi connectivity index (χ3v) is 2.26. The molecule has 1 aromatic heterocycles. The van der Waals surface area contributed by atoms with Gasteiger partial charge < -0.3 is 10.1 Å². The number of nitrogens with zero attached hydrogens (tertiary/aromatic N) is 5. The highest BCUT2D eigenvalue weighted by molar-refractivity contribution is 5.90. The SMILES string of the molecule is CCN(OC)C(=O)c1nc([N+](=O)[O-])nn1CC(=O)NOC. The molecule has 0 aliphatic carbocycles. The first-order valence-electron chi connectivity index (χ1n) is 5.71. The first-order chi connectivity index (χ1) is 9.94. The number of hydrogen-bond donors (Lipinski definition) is 1. The van der Waals surface area contributed by atoms with Crippen LogP contribution in [0.15, 0.2) is 0 Å². The van der Waals surface area contributed by atoms with Crippen molar-refractivity contribution in [2.24, 2.45) is 0 Å². The molecule has 1 rings (SSSR count). The molecule has 0 aromatic carbocycles. The summed E-state index contributed by atoms with van der Waals surface area (Å²) in [5.41, 5.74) is 2.00. The monoisotopic (exact) mass is 302 g/mol. The molecule has 0 saturated heterocycles. The number of nitrogens with one attached hydrogen (secondary N) is 1. The largest absolute Gasteiger partial charge is 0.491 e. The molecule has 1 aromatic rings. The van der Waals surface area contributed by atoms with E-state index in [0.717, 1.165) is 9.75 Å². The maximum Gasteiger partial charge on any atom is 0.491 e. The van der Waals surface area contributed by atoms with E-state index in [1.807, 2.05) is 5.48 Å². The summed E-state index contributed by atoms with van der Waals surface area (Å²) in [7, 11) is 2.48. The van der Waals surface area contributed by atoms with E-state index >= 15 is 0 Å². The van der Waals surface area contributed by atoms with Crippen LogP contribution >= 0.6 is 0 Å². The maximum absolute atomic E-state index is 12.1. The Balaban J connectivity index is 3.13. The number of nitro groups is 1. The van der Waals surface area contributed by atoms with Crippen molar-refractivity contribution < 1.29 is 24.2 Å². The summed E-state index contributed by atoms with van der Waals surface area (Å²) < 4.78 is 0.802. The Morgan fingerprint density at radius 3 is 2.62 bits per heavy atom. The van der Waals surface area contributed by atoms with Crippen LogP contribution in [-0.4, -0.2) is 57.3 Å². The zero-order valence-electron chi connectivity index (χ0n) is 11.6. The van der Waals surface area contributed by atoms with E-state index in [0.29, 0.717) is 0 Å². The fraction of sp³-hybridized carbons (Fsp3) is 0.556. The van der Waals surface area contributed by atoms with Gasteiger partial charge in [0.25, 0.3) is 5.91 Å². The molecule has 12 heteroatoms. The van der Waals surface area contributed by atoms with Gasteiger partial charge in [-0.15, -0.1) is 0 Å². The van der Waals surface area contributed by atoms with Crippen molar-refractivity contribution in [3.05, 3.63) is 15.9 Å². The highest BCUT2D eigenvalue weighted by Crippen LogP contribution is 2.09. The average molecular weight is 302 g/mol. The third-order valence-electron chi connectivity index (χ3n) is 2.26. The van der Waals surface area contributed by atoms with Crippen molar-refractivity contribution in [3.8, 4) is 0 Å². The Morgan fingerprint density at radius 2 is 2.14 bits per heavy atom. The van der Waals surface area contributed by atoms with Gasteiger partial charge >= 0.3 is 17.7 Å². The van der Waals surface area contributed by atoms with Gasteiger partial charge in [-0.05, 0) is 16.8 Å². The van der Waals surface area contributed by atoms with Gasteiger partial charge in [-0.25, -0.2) is 10.5 Å². The molecule has 0 unspecified atom stereocenters. The minimum absolute atomic E-state index is 0.181. The number of carbonyl (C=O) groups is 2. The number of hydroxylamine groups is 3. The lowest BCUT2D eigenvalue weighted by atomic mass is 10.5. The van der Waals surface area contributed by atoms with Crippen LogP contribution < -0.4 is 5.48 Å².